The van der Waals surface area contributed by atoms with Gasteiger partial charge in [0.05, 0.1) is 13.1 Å². The van der Waals surface area contributed by atoms with Gasteiger partial charge in [-0.05, 0) is 37.8 Å². The number of hydrogen-bond donors (Lipinski definition) is 0. The van der Waals surface area contributed by atoms with Crippen LogP contribution in [-0.2, 0) is 27.9 Å². The van der Waals surface area contributed by atoms with E-state index in [9.17, 15) is 9.59 Å². The molecule has 1 saturated carbocycles. The Bertz CT molecular complexity index is 566. The van der Waals surface area contributed by atoms with E-state index in [1.165, 1.54) is 0 Å². The molecule has 1 fully saturated rings. The molecule has 0 radical (unpaired) electrons. The predicted octanol–water partition coefficient (Wildman–Crippen LogP) is 2.18. The highest BCUT2D eigenvalue weighted by molar-refractivity contribution is 5.85. The predicted molar refractivity (Wildman–Crippen MR) is 97.0 cm³/mol. The Labute approximate surface area is 150 Å². The fourth-order valence-corrected chi connectivity index (χ4v) is 2.96. The monoisotopic (exact) mass is 349 g/mol. The van der Waals surface area contributed by atoms with Gasteiger partial charge in [-0.3, -0.25) is 9.59 Å². The minimum atomic E-state index is 0.0468. The molecule has 2 amide bonds. The first kappa shape index (κ1) is 19.5. The Morgan fingerprint density at radius 2 is 2.08 bits per heavy atom. The molecule has 0 N–H and O–H groups in total. The SMILES string of the molecule is CCCC(=O)N(CCCOC)CC(=O)N(Cc1cccn1C)C1CC1. The van der Waals surface area contributed by atoms with Crippen LogP contribution < -0.4 is 0 Å². The number of methoxy groups -OCH3 is 1. The summed E-state index contributed by atoms with van der Waals surface area (Å²) in [6, 6.07) is 4.36. The summed E-state index contributed by atoms with van der Waals surface area (Å²) in [5, 5.41) is 0. The first-order valence-corrected chi connectivity index (χ1v) is 9.23. The molecule has 6 nitrogen and oxygen atoms in total. The second kappa shape index (κ2) is 9.61. The molecule has 0 atom stereocenters. The molecule has 2 rings (SSSR count). The molecule has 0 aromatic carbocycles. The van der Waals surface area contributed by atoms with Crippen LogP contribution in [0.4, 0.5) is 0 Å². The average molecular weight is 349 g/mol. The Hall–Kier alpha value is -1.82. The third kappa shape index (κ3) is 5.88. The standard InChI is InChI=1S/C19H31N3O3/c1-4-7-18(23)21(12-6-13-25-3)15-19(24)22(16-9-10-16)14-17-8-5-11-20(17)2/h5,8,11,16H,4,6-7,9-10,12-15H2,1-3H3. The van der Waals surface area contributed by atoms with Crippen molar-refractivity contribution < 1.29 is 14.3 Å². The lowest BCUT2D eigenvalue weighted by atomic mass is 10.2. The topological polar surface area (TPSA) is 54.8 Å². The number of rotatable bonds is 11. The van der Waals surface area contributed by atoms with E-state index in [4.69, 9.17) is 4.74 Å². The molecule has 6 heteroatoms. The van der Waals surface area contributed by atoms with Gasteiger partial charge in [0.2, 0.25) is 11.8 Å². The van der Waals surface area contributed by atoms with Crippen LogP contribution in [0.2, 0.25) is 0 Å². The molecule has 0 saturated heterocycles. The van der Waals surface area contributed by atoms with Crippen LogP contribution in [0.25, 0.3) is 0 Å². The van der Waals surface area contributed by atoms with Crippen LogP contribution in [0.15, 0.2) is 18.3 Å². The molecular formula is C19H31N3O3. The summed E-state index contributed by atoms with van der Waals surface area (Å²) in [6.07, 6.45) is 6.14. The van der Waals surface area contributed by atoms with Gasteiger partial charge in [-0.25, -0.2) is 0 Å². The second-order valence-electron chi connectivity index (χ2n) is 6.77. The molecule has 0 aliphatic heterocycles. The number of hydrogen-bond acceptors (Lipinski definition) is 3. The maximum atomic E-state index is 12.9. The number of nitrogens with zero attached hydrogens (tertiary/aromatic N) is 3. The molecule has 140 valence electrons. The van der Waals surface area contributed by atoms with Gasteiger partial charge in [-0.15, -0.1) is 0 Å². The van der Waals surface area contributed by atoms with E-state index in [1.54, 1.807) is 12.0 Å². The molecule has 1 aromatic rings. The molecule has 0 bridgehead atoms. The average Bonchev–Trinajstić information content (AvgIpc) is 3.34. The smallest absolute Gasteiger partial charge is 0.242 e. The van der Waals surface area contributed by atoms with Crippen molar-refractivity contribution in [3.63, 3.8) is 0 Å². The molecule has 1 aliphatic rings. The summed E-state index contributed by atoms with van der Waals surface area (Å²) in [7, 11) is 3.64. The minimum absolute atomic E-state index is 0.0468. The molecule has 1 aromatic heterocycles. The van der Waals surface area contributed by atoms with Gasteiger partial charge in [-0.2, -0.15) is 0 Å². The van der Waals surface area contributed by atoms with E-state index >= 15 is 0 Å². The normalized spacial score (nSPS) is 13.7. The van der Waals surface area contributed by atoms with Crippen LogP contribution in [0, 0.1) is 0 Å². The fourth-order valence-electron chi connectivity index (χ4n) is 2.96. The summed E-state index contributed by atoms with van der Waals surface area (Å²) in [6.45, 7) is 3.93. The van der Waals surface area contributed by atoms with Crippen molar-refractivity contribution in [2.24, 2.45) is 7.05 Å². The third-order valence-electron chi connectivity index (χ3n) is 4.61. The Morgan fingerprint density at radius 1 is 1.32 bits per heavy atom. The molecule has 25 heavy (non-hydrogen) atoms. The van der Waals surface area contributed by atoms with Gasteiger partial charge in [0.15, 0.2) is 0 Å². The number of ether oxygens (including phenoxy) is 1. The highest BCUT2D eigenvalue weighted by Crippen LogP contribution is 2.28. The Balaban J connectivity index is 2.00. The van der Waals surface area contributed by atoms with Gasteiger partial charge in [0, 0.05) is 51.7 Å². The summed E-state index contributed by atoms with van der Waals surface area (Å²) in [5.74, 6) is 0.104. The van der Waals surface area contributed by atoms with Crippen molar-refractivity contribution in [3.8, 4) is 0 Å². The summed E-state index contributed by atoms with van der Waals surface area (Å²) in [5.41, 5.74) is 1.12. The summed E-state index contributed by atoms with van der Waals surface area (Å²) < 4.78 is 7.12. The van der Waals surface area contributed by atoms with Gasteiger partial charge in [0.25, 0.3) is 0 Å². The lowest BCUT2D eigenvalue weighted by molar-refractivity contribution is -0.141. The lowest BCUT2D eigenvalue weighted by Gasteiger charge is -2.28. The number of carbonyl (C=O) groups excluding carboxylic acids is 2. The Kier molecular flexibility index (Phi) is 7.50. The van der Waals surface area contributed by atoms with Crippen LogP contribution in [0.5, 0.6) is 0 Å². The van der Waals surface area contributed by atoms with E-state index < -0.39 is 0 Å². The number of aromatic nitrogens is 1. The zero-order chi connectivity index (χ0) is 18.2. The molecule has 1 aliphatic carbocycles. The third-order valence-corrected chi connectivity index (χ3v) is 4.61. The zero-order valence-corrected chi connectivity index (χ0v) is 15.7. The van der Waals surface area contributed by atoms with E-state index in [0.717, 1.165) is 31.4 Å². The van der Waals surface area contributed by atoms with Crippen LogP contribution >= 0.6 is 0 Å². The highest BCUT2D eigenvalue weighted by Gasteiger charge is 2.34. The van der Waals surface area contributed by atoms with E-state index in [1.807, 2.05) is 41.8 Å². The van der Waals surface area contributed by atoms with E-state index in [-0.39, 0.29) is 18.4 Å². The summed E-state index contributed by atoms with van der Waals surface area (Å²) >= 11 is 0. The number of aryl methyl sites for hydroxylation is 1. The highest BCUT2D eigenvalue weighted by atomic mass is 16.5. The fraction of sp³-hybridized carbons (Fsp3) is 0.684. The maximum Gasteiger partial charge on any atom is 0.242 e. The summed E-state index contributed by atoms with van der Waals surface area (Å²) in [4.78, 5) is 28.9. The van der Waals surface area contributed by atoms with Gasteiger partial charge in [0.1, 0.15) is 0 Å². The van der Waals surface area contributed by atoms with E-state index in [0.29, 0.717) is 32.2 Å². The van der Waals surface area contributed by atoms with Gasteiger partial charge in [-0.1, -0.05) is 6.92 Å². The van der Waals surface area contributed by atoms with Crippen molar-refractivity contribution in [3.05, 3.63) is 24.0 Å². The first-order valence-electron chi connectivity index (χ1n) is 9.23. The van der Waals surface area contributed by atoms with Gasteiger partial charge >= 0.3 is 0 Å². The zero-order valence-electron chi connectivity index (χ0n) is 15.7. The molecular weight excluding hydrogens is 318 g/mol. The van der Waals surface area contributed by atoms with Crippen LogP contribution in [0.1, 0.15) is 44.7 Å². The Morgan fingerprint density at radius 3 is 2.64 bits per heavy atom. The van der Waals surface area contributed by atoms with Crippen molar-refractivity contribution in [1.82, 2.24) is 14.4 Å². The maximum absolute atomic E-state index is 12.9. The van der Waals surface area contributed by atoms with Gasteiger partial charge < -0.3 is 19.1 Å². The van der Waals surface area contributed by atoms with E-state index in [2.05, 4.69) is 0 Å². The van der Waals surface area contributed by atoms with Crippen molar-refractivity contribution in [2.75, 3.05) is 26.8 Å². The quantitative estimate of drug-likeness (QED) is 0.576. The first-order chi connectivity index (χ1) is 12.1. The van der Waals surface area contributed by atoms with Crippen molar-refractivity contribution >= 4 is 11.8 Å². The minimum Gasteiger partial charge on any atom is -0.385 e. The van der Waals surface area contributed by atoms with Crippen molar-refractivity contribution in [2.45, 2.75) is 51.6 Å². The number of amides is 2. The van der Waals surface area contributed by atoms with Crippen LogP contribution in [0.3, 0.4) is 0 Å². The van der Waals surface area contributed by atoms with Crippen molar-refractivity contribution in [1.29, 1.82) is 0 Å². The molecule has 0 spiro atoms. The van der Waals surface area contributed by atoms with Crippen LogP contribution in [-0.4, -0.2) is 59.0 Å². The number of carbonyl (C=O) groups is 2. The second-order valence-corrected chi connectivity index (χ2v) is 6.77. The molecule has 1 heterocycles. The largest absolute Gasteiger partial charge is 0.385 e. The lowest BCUT2D eigenvalue weighted by Crippen LogP contribution is -2.44. The molecule has 0 unspecified atom stereocenters.